The summed E-state index contributed by atoms with van der Waals surface area (Å²) in [7, 11) is 0. The first-order valence-electron chi connectivity index (χ1n) is 6.32. The van der Waals surface area contributed by atoms with Crippen LogP contribution < -0.4 is 9.64 Å². The second-order valence-corrected chi connectivity index (χ2v) is 4.73. The van der Waals surface area contributed by atoms with Crippen LogP contribution in [0.1, 0.15) is 11.1 Å². The fraction of sp³-hybridized carbons (Fsp3) is 0.188. The van der Waals surface area contributed by atoms with Gasteiger partial charge in [0.2, 0.25) is 0 Å². The molecule has 3 heteroatoms. The largest absolute Gasteiger partial charge is 0.482 e. The van der Waals surface area contributed by atoms with Gasteiger partial charge in [-0.2, -0.15) is 0 Å². The summed E-state index contributed by atoms with van der Waals surface area (Å²) in [6.45, 7) is 2.75. The molecular formula is C16H15NO2. The number of hydrogen-bond acceptors (Lipinski definition) is 2. The number of carbonyl (C=O) groups is 1. The Morgan fingerprint density at radius 2 is 2.00 bits per heavy atom. The predicted octanol–water partition coefficient (Wildman–Crippen LogP) is 2.92. The SMILES string of the molecule is Cc1cccc(CN2C(=O)COc3ccccc32)c1. The van der Waals surface area contributed by atoms with Crippen molar-refractivity contribution in [1.82, 2.24) is 0 Å². The smallest absolute Gasteiger partial charge is 0.265 e. The predicted molar refractivity (Wildman–Crippen MR) is 74.3 cm³/mol. The van der Waals surface area contributed by atoms with Crippen LogP contribution in [0.4, 0.5) is 5.69 Å². The Morgan fingerprint density at radius 3 is 2.84 bits per heavy atom. The van der Waals surface area contributed by atoms with Crippen molar-refractivity contribution in [1.29, 1.82) is 0 Å². The molecule has 0 bridgehead atoms. The molecular weight excluding hydrogens is 238 g/mol. The first-order chi connectivity index (χ1) is 9.24. The molecule has 0 unspecified atom stereocenters. The number of fused-ring (bicyclic) bond motifs is 1. The van der Waals surface area contributed by atoms with Crippen molar-refractivity contribution >= 4 is 11.6 Å². The van der Waals surface area contributed by atoms with Crippen LogP contribution in [0.3, 0.4) is 0 Å². The molecule has 0 spiro atoms. The average molecular weight is 253 g/mol. The lowest BCUT2D eigenvalue weighted by atomic mass is 10.1. The molecule has 3 nitrogen and oxygen atoms in total. The van der Waals surface area contributed by atoms with Crippen molar-refractivity contribution in [2.45, 2.75) is 13.5 Å². The van der Waals surface area contributed by atoms with Gasteiger partial charge in [0.25, 0.3) is 5.91 Å². The van der Waals surface area contributed by atoms with Crippen LogP contribution in [0, 0.1) is 6.92 Å². The van der Waals surface area contributed by atoms with Gasteiger partial charge in [0.1, 0.15) is 5.75 Å². The lowest BCUT2D eigenvalue weighted by Gasteiger charge is -2.29. The fourth-order valence-electron chi connectivity index (χ4n) is 2.32. The third kappa shape index (κ3) is 2.32. The van der Waals surface area contributed by atoms with Crippen molar-refractivity contribution < 1.29 is 9.53 Å². The summed E-state index contributed by atoms with van der Waals surface area (Å²) in [4.78, 5) is 13.8. The Kier molecular flexibility index (Phi) is 2.95. The minimum absolute atomic E-state index is 0.000191. The molecule has 1 aliphatic rings. The number of para-hydroxylation sites is 2. The van der Waals surface area contributed by atoms with Gasteiger partial charge in [0.15, 0.2) is 6.61 Å². The van der Waals surface area contributed by atoms with Crippen molar-refractivity contribution in [3.05, 3.63) is 59.7 Å². The van der Waals surface area contributed by atoms with Crippen LogP contribution in [0.15, 0.2) is 48.5 Å². The highest BCUT2D eigenvalue weighted by Gasteiger charge is 2.24. The average Bonchev–Trinajstić information content (AvgIpc) is 2.42. The molecule has 2 aromatic carbocycles. The van der Waals surface area contributed by atoms with E-state index >= 15 is 0 Å². The molecule has 0 aromatic heterocycles. The van der Waals surface area contributed by atoms with Gasteiger partial charge < -0.3 is 9.64 Å². The number of benzene rings is 2. The molecule has 1 amide bonds. The van der Waals surface area contributed by atoms with Crippen molar-refractivity contribution in [2.75, 3.05) is 11.5 Å². The molecule has 0 atom stereocenters. The van der Waals surface area contributed by atoms with E-state index in [9.17, 15) is 4.79 Å². The van der Waals surface area contributed by atoms with E-state index in [0.29, 0.717) is 6.54 Å². The van der Waals surface area contributed by atoms with E-state index in [2.05, 4.69) is 19.1 Å². The number of carbonyl (C=O) groups excluding carboxylic acids is 1. The minimum Gasteiger partial charge on any atom is -0.482 e. The number of rotatable bonds is 2. The van der Waals surface area contributed by atoms with E-state index in [-0.39, 0.29) is 12.5 Å². The first kappa shape index (κ1) is 11.8. The summed E-state index contributed by atoms with van der Waals surface area (Å²) >= 11 is 0. The van der Waals surface area contributed by atoms with Gasteiger partial charge in [-0.15, -0.1) is 0 Å². The van der Waals surface area contributed by atoms with E-state index < -0.39 is 0 Å². The molecule has 0 radical (unpaired) electrons. The maximum atomic E-state index is 12.0. The molecule has 1 aliphatic heterocycles. The zero-order valence-electron chi connectivity index (χ0n) is 10.8. The fourth-order valence-corrected chi connectivity index (χ4v) is 2.32. The summed E-state index contributed by atoms with van der Waals surface area (Å²) in [6, 6.07) is 15.9. The summed E-state index contributed by atoms with van der Waals surface area (Å²) in [5.74, 6) is 0.773. The number of amides is 1. The maximum Gasteiger partial charge on any atom is 0.265 e. The Bertz CT molecular complexity index is 622. The second-order valence-electron chi connectivity index (χ2n) is 4.73. The van der Waals surface area contributed by atoms with E-state index in [1.165, 1.54) is 5.56 Å². The lowest BCUT2D eigenvalue weighted by molar-refractivity contribution is -0.121. The number of hydrogen-bond donors (Lipinski definition) is 0. The van der Waals surface area contributed by atoms with Gasteiger partial charge in [-0.05, 0) is 24.6 Å². The van der Waals surface area contributed by atoms with Gasteiger partial charge in [0.05, 0.1) is 12.2 Å². The quantitative estimate of drug-likeness (QED) is 0.823. The highest BCUT2D eigenvalue weighted by molar-refractivity contribution is 5.97. The van der Waals surface area contributed by atoms with Crippen LogP contribution >= 0.6 is 0 Å². The number of ether oxygens (including phenoxy) is 1. The van der Waals surface area contributed by atoms with E-state index in [4.69, 9.17) is 4.74 Å². The van der Waals surface area contributed by atoms with Crippen molar-refractivity contribution in [3.63, 3.8) is 0 Å². The van der Waals surface area contributed by atoms with E-state index in [0.717, 1.165) is 17.0 Å². The highest BCUT2D eigenvalue weighted by Crippen LogP contribution is 2.32. The first-order valence-corrected chi connectivity index (χ1v) is 6.32. The molecule has 96 valence electrons. The van der Waals surface area contributed by atoms with Crippen molar-refractivity contribution in [2.24, 2.45) is 0 Å². The van der Waals surface area contributed by atoms with Gasteiger partial charge in [-0.3, -0.25) is 4.79 Å². The zero-order valence-corrected chi connectivity index (χ0v) is 10.8. The van der Waals surface area contributed by atoms with Gasteiger partial charge in [-0.1, -0.05) is 42.0 Å². The highest BCUT2D eigenvalue weighted by atomic mass is 16.5. The minimum atomic E-state index is 0.000191. The van der Waals surface area contributed by atoms with Crippen LogP contribution in [-0.2, 0) is 11.3 Å². The Labute approximate surface area is 112 Å². The summed E-state index contributed by atoms with van der Waals surface area (Å²) in [5.41, 5.74) is 3.18. The monoisotopic (exact) mass is 253 g/mol. The number of anilines is 1. The molecule has 0 N–H and O–H groups in total. The molecule has 0 saturated carbocycles. The Hall–Kier alpha value is -2.29. The van der Waals surface area contributed by atoms with Crippen molar-refractivity contribution in [3.8, 4) is 5.75 Å². The normalized spacial score (nSPS) is 13.9. The Morgan fingerprint density at radius 1 is 1.16 bits per heavy atom. The van der Waals surface area contributed by atoms with Crippen LogP contribution in [0.25, 0.3) is 0 Å². The third-order valence-corrected chi connectivity index (χ3v) is 3.23. The lowest BCUT2D eigenvalue weighted by Crippen LogP contribution is -2.38. The maximum absolute atomic E-state index is 12.0. The summed E-state index contributed by atoms with van der Waals surface area (Å²) in [6.07, 6.45) is 0. The third-order valence-electron chi connectivity index (χ3n) is 3.23. The van der Waals surface area contributed by atoms with Crippen LogP contribution in [-0.4, -0.2) is 12.5 Å². The van der Waals surface area contributed by atoms with Gasteiger partial charge >= 0.3 is 0 Å². The van der Waals surface area contributed by atoms with Crippen LogP contribution in [0.2, 0.25) is 0 Å². The summed E-state index contributed by atoms with van der Waals surface area (Å²) in [5, 5.41) is 0. The van der Waals surface area contributed by atoms with E-state index in [1.54, 1.807) is 4.90 Å². The molecule has 0 saturated heterocycles. The number of nitrogens with zero attached hydrogens (tertiary/aromatic N) is 1. The Balaban J connectivity index is 1.94. The molecule has 0 fully saturated rings. The molecule has 3 rings (SSSR count). The zero-order chi connectivity index (χ0) is 13.2. The van der Waals surface area contributed by atoms with Crippen LogP contribution in [0.5, 0.6) is 5.75 Å². The standard InChI is InChI=1S/C16H15NO2/c1-12-5-4-6-13(9-12)10-17-14-7-2-3-8-15(14)19-11-16(17)18/h2-9H,10-11H2,1H3. The van der Waals surface area contributed by atoms with Gasteiger partial charge in [0, 0.05) is 0 Å². The second kappa shape index (κ2) is 4.76. The molecule has 1 heterocycles. The summed E-state index contributed by atoms with van der Waals surface area (Å²) < 4.78 is 5.44. The van der Waals surface area contributed by atoms with Gasteiger partial charge in [-0.25, -0.2) is 0 Å². The topological polar surface area (TPSA) is 29.5 Å². The number of aryl methyl sites for hydroxylation is 1. The molecule has 0 aliphatic carbocycles. The van der Waals surface area contributed by atoms with E-state index in [1.807, 2.05) is 36.4 Å². The molecule has 2 aromatic rings. The molecule has 19 heavy (non-hydrogen) atoms.